The van der Waals surface area contributed by atoms with E-state index < -0.39 is 11.6 Å². The van der Waals surface area contributed by atoms with E-state index in [4.69, 9.17) is 9.84 Å². The van der Waals surface area contributed by atoms with Crippen molar-refractivity contribution in [2.24, 2.45) is 0 Å². The van der Waals surface area contributed by atoms with Gasteiger partial charge in [0.2, 0.25) is 0 Å². The lowest BCUT2D eigenvalue weighted by atomic mass is 9.85. The van der Waals surface area contributed by atoms with Crippen LogP contribution in [0.3, 0.4) is 0 Å². The van der Waals surface area contributed by atoms with E-state index in [1.165, 1.54) is 5.56 Å². The molecule has 0 saturated carbocycles. The minimum Gasteiger partial charge on any atom is -0.493 e. The van der Waals surface area contributed by atoms with Crippen LogP contribution in [0.1, 0.15) is 37.5 Å². The number of aliphatic carboxylic acids is 1. The van der Waals surface area contributed by atoms with E-state index in [0.29, 0.717) is 17.9 Å². The monoisotopic (exact) mass is 501 g/mol. The highest BCUT2D eigenvalue weighted by molar-refractivity contribution is 6.11. The predicted octanol–water partition coefficient (Wildman–Crippen LogP) is 4.54. The van der Waals surface area contributed by atoms with Gasteiger partial charge in [-0.15, -0.1) is 12.8 Å². The van der Waals surface area contributed by atoms with Gasteiger partial charge in [0.1, 0.15) is 5.75 Å². The number of nitrogens with zero attached hydrogens (tertiary/aromatic N) is 1. The summed E-state index contributed by atoms with van der Waals surface area (Å²) in [4.78, 5) is 16.4. The summed E-state index contributed by atoms with van der Waals surface area (Å²) < 4.78 is 5.86. The topological polar surface area (TPSA) is 116 Å². The Bertz CT molecular complexity index is 1450. The lowest BCUT2D eigenvalue weighted by Crippen LogP contribution is -2.74. The summed E-state index contributed by atoms with van der Waals surface area (Å²) >= 11 is 0. The molecular formula is C30H33N2O5+. The fourth-order valence-electron chi connectivity index (χ4n) is 4.60. The second-order valence-corrected chi connectivity index (χ2v) is 9.71. The minimum absolute atomic E-state index is 0.147. The van der Waals surface area contributed by atoms with E-state index >= 15 is 0 Å². The second kappa shape index (κ2) is 11.4. The van der Waals surface area contributed by atoms with E-state index in [1.54, 1.807) is 27.0 Å². The number of quaternary nitrogens is 1. The van der Waals surface area contributed by atoms with Crippen LogP contribution in [0, 0.1) is 19.8 Å². The first-order chi connectivity index (χ1) is 17.6. The van der Waals surface area contributed by atoms with Crippen molar-refractivity contribution in [1.29, 1.82) is 0 Å². The highest BCUT2D eigenvalue weighted by atomic mass is 16.5. The Morgan fingerprint density at radius 1 is 1.11 bits per heavy atom. The number of carbonyl (C=O) groups is 1. The number of pyridine rings is 1. The van der Waals surface area contributed by atoms with Crippen molar-refractivity contribution >= 4 is 33.3 Å². The number of ether oxygens (including phenoxy) is 1. The number of hydrogen-bond donors (Lipinski definition) is 4. The van der Waals surface area contributed by atoms with Gasteiger partial charge in [0.25, 0.3) is 0 Å². The van der Waals surface area contributed by atoms with Gasteiger partial charge in [-0.2, -0.15) is 5.48 Å². The summed E-state index contributed by atoms with van der Waals surface area (Å²) in [6.07, 6.45) is 10.5. The van der Waals surface area contributed by atoms with Crippen molar-refractivity contribution < 1.29 is 30.4 Å². The Morgan fingerprint density at radius 2 is 1.76 bits per heavy atom. The molecule has 0 radical (unpaired) electrons. The molecule has 192 valence electrons. The molecule has 0 aliphatic carbocycles. The predicted molar refractivity (Wildman–Crippen MR) is 145 cm³/mol. The number of aromatic nitrogens is 1. The molecule has 37 heavy (non-hydrogen) atoms. The number of benzene rings is 3. The number of hydrogen-bond acceptors (Lipinski definition) is 5. The fraction of sp³-hybridized carbons (Fsp3) is 0.267. The van der Waals surface area contributed by atoms with Crippen LogP contribution >= 0.6 is 0 Å². The molecule has 0 unspecified atom stereocenters. The third kappa shape index (κ3) is 5.89. The second-order valence-electron chi connectivity index (χ2n) is 9.71. The smallest absolute Gasteiger partial charge is 0.307 e. The average Bonchev–Trinajstić information content (AvgIpc) is 2.86. The Kier molecular flexibility index (Phi) is 8.51. The molecule has 0 fully saturated rings. The van der Waals surface area contributed by atoms with Crippen LogP contribution in [0.4, 0.5) is 5.69 Å². The summed E-state index contributed by atoms with van der Waals surface area (Å²) in [6.45, 7) is 7.73. The molecule has 3 aromatic carbocycles. The van der Waals surface area contributed by atoms with Crippen molar-refractivity contribution in [3.63, 3.8) is 0 Å². The summed E-state index contributed by atoms with van der Waals surface area (Å²) in [6, 6.07) is 13.7. The van der Waals surface area contributed by atoms with Gasteiger partial charge < -0.3 is 14.9 Å². The number of carboxylic acids is 1. The number of terminal acetylenes is 1. The van der Waals surface area contributed by atoms with Crippen LogP contribution in [0.25, 0.3) is 32.8 Å². The highest BCUT2D eigenvalue weighted by Gasteiger charge is 2.25. The maximum absolute atomic E-state index is 11.8. The average molecular weight is 502 g/mol. The zero-order valence-electron chi connectivity index (χ0n) is 21.6. The van der Waals surface area contributed by atoms with Crippen LogP contribution < -0.4 is 10.2 Å². The number of fused-ring (bicyclic) bond motifs is 1. The van der Waals surface area contributed by atoms with Gasteiger partial charge in [-0.05, 0) is 74.0 Å². The number of rotatable bonds is 4. The molecule has 7 nitrogen and oxygen atoms in total. The van der Waals surface area contributed by atoms with E-state index in [2.05, 4.69) is 17.8 Å². The third-order valence-electron chi connectivity index (χ3n) is 5.94. The number of nitrogens with two attached hydrogens (primary N) is 1. The molecule has 0 atom stereocenters. The minimum atomic E-state index is -0.919. The Labute approximate surface area is 216 Å². The van der Waals surface area contributed by atoms with E-state index in [9.17, 15) is 15.1 Å². The van der Waals surface area contributed by atoms with E-state index in [1.807, 2.05) is 49.4 Å². The molecule has 4 aromatic rings. The molecule has 1 aliphatic heterocycles. The quantitative estimate of drug-likeness (QED) is 0.185. The third-order valence-corrected chi connectivity index (χ3v) is 5.94. The molecule has 0 saturated heterocycles. The molecule has 1 aromatic heterocycles. The number of carboxylic acid groups (broad SMARTS) is 1. The zero-order valence-corrected chi connectivity index (χ0v) is 21.6. The van der Waals surface area contributed by atoms with Gasteiger partial charge >= 0.3 is 5.97 Å². The first-order valence-corrected chi connectivity index (χ1v) is 11.9. The van der Waals surface area contributed by atoms with Gasteiger partial charge in [0.15, 0.2) is 5.69 Å². The van der Waals surface area contributed by atoms with Crippen molar-refractivity contribution in [3.05, 3.63) is 65.4 Å². The molecule has 2 heterocycles. The first-order valence-electron chi connectivity index (χ1n) is 11.9. The van der Waals surface area contributed by atoms with Crippen LogP contribution in [0.15, 0.2) is 48.7 Å². The van der Waals surface area contributed by atoms with Gasteiger partial charge in [-0.1, -0.05) is 18.2 Å². The van der Waals surface area contributed by atoms with Crippen LogP contribution in [0.5, 0.6) is 5.75 Å². The lowest BCUT2D eigenvalue weighted by Gasteiger charge is -2.22. The Balaban J connectivity index is 0.000000489. The standard InChI is InChI=1S/C24H20N2O4.C4H10O.C2H2/c1-13-18(12-20(27)28)22(15-4-2-3-5-16(15)23(13)26-29)17-6-7-19-21-14(9-11-30-19)8-10-25-24(17)21;1-4(2,3)5;1-2/h2-8,10,26,29H,9,11-12H2,1H3,(H,27,28);5H,1-3H3;1-2H/p+1. The molecule has 0 bridgehead atoms. The zero-order chi connectivity index (χ0) is 27.3. The molecular weight excluding hydrogens is 468 g/mol. The highest BCUT2D eigenvalue weighted by Crippen LogP contribution is 2.43. The molecule has 5 N–H and O–H groups in total. The van der Waals surface area contributed by atoms with E-state index in [0.717, 1.165) is 56.0 Å². The summed E-state index contributed by atoms with van der Waals surface area (Å²) in [5.41, 5.74) is 6.36. The van der Waals surface area contributed by atoms with Crippen molar-refractivity contribution in [1.82, 2.24) is 4.98 Å². The fourth-order valence-corrected chi connectivity index (χ4v) is 4.60. The molecule has 0 amide bonds. The van der Waals surface area contributed by atoms with Crippen molar-refractivity contribution in [2.75, 3.05) is 6.61 Å². The van der Waals surface area contributed by atoms with Gasteiger partial charge in [-0.25, -0.2) is 5.21 Å². The van der Waals surface area contributed by atoms with Gasteiger partial charge in [0, 0.05) is 34.5 Å². The molecule has 1 aliphatic rings. The maximum Gasteiger partial charge on any atom is 0.307 e. The summed E-state index contributed by atoms with van der Waals surface area (Å²) in [5.74, 6) is -0.109. The van der Waals surface area contributed by atoms with Gasteiger partial charge in [0.05, 0.1) is 24.1 Å². The van der Waals surface area contributed by atoms with Crippen LogP contribution in [-0.4, -0.2) is 38.6 Å². The molecule has 7 heteroatoms. The molecule has 0 spiro atoms. The van der Waals surface area contributed by atoms with E-state index in [-0.39, 0.29) is 6.42 Å². The SMILES string of the molecule is C#C.CC(C)(C)O.Cc1c(CC(=O)O)c(-c2ccc3c4c(ccnc24)CCO3)c2ccccc2c1[NH2+]O. The van der Waals surface area contributed by atoms with Crippen LogP contribution in [-0.2, 0) is 17.6 Å². The number of aliphatic hydroxyl groups is 1. The largest absolute Gasteiger partial charge is 0.493 e. The molecule has 5 rings (SSSR count). The normalized spacial score (nSPS) is 12.1. The Hall–Kier alpha value is -3.96. The lowest BCUT2D eigenvalue weighted by molar-refractivity contribution is -0.825. The van der Waals surface area contributed by atoms with Gasteiger partial charge in [-0.3, -0.25) is 9.78 Å². The summed E-state index contributed by atoms with van der Waals surface area (Å²) in [7, 11) is 0. The van der Waals surface area contributed by atoms with Crippen molar-refractivity contribution in [2.45, 2.75) is 46.1 Å². The first kappa shape index (κ1) is 27.6. The Morgan fingerprint density at radius 3 is 2.38 bits per heavy atom. The maximum atomic E-state index is 11.8. The summed E-state index contributed by atoms with van der Waals surface area (Å²) in [5, 5.41) is 30.8. The van der Waals surface area contributed by atoms with Crippen molar-refractivity contribution in [3.8, 4) is 29.7 Å². The van der Waals surface area contributed by atoms with Crippen LogP contribution in [0.2, 0.25) is 0 Å².